The van der Waals surface area contributed by atoms with Gasteiger partial charge in [0, 0.05) is 30.7 Å². The average molecular weight is 326 g/mol. The van der Waals surface area contributed by atoms with Gasteiger partial charge in [-0.25, -0.2) is 0 Å². The highest BCUT2D eigenvalue weighted by Gasteiger charge is 2.31. The lowest BCUT2D eigenvalue weighted by Gasteiger charge is -2.18. The van der Waals surface area contributed by atoms with Crippen molar-refractivity contribution in [3.05, 3.63) is 41.5 Å². The predicted octanol–water partition coefficient (Wildman–Crippen LogP) is 3.28. The Hall–Kier alpha value is -2.15. The lowest BCUT2D eigenvalue weighted by atomic mass is 10.0. The fraction of sp³-hybridized carbons (Fsp3) is 0.375. The topological polar surface area (TPSA) is 48.8 Å². The van der Waals surface area contributed by atoms with Crippen molar-refractivity contribution in [2.24, 2.45) is 9.98 Å². The van der Waals surface area contributed by atoms with Crippen molar-refractivity contribution in [3.8, 4) is 0 Å². The number of benzene rings is 1. The number of aryl methyl sites for hydroxylation is 1. The van der Waals surface area contributed by atoms with Gasteiger partial charge < -0.3 is 5.32 Å². The molecular weight excluding hydrogens is 305 g/mol. The molecule has 1 aromatic carbocycles. The van der Waals surface area contributed by atoms with Crippen LogP contribution in [0.25, 0.3) is 0 Å². The van der Waals surface area contributed by atoms with Crippen LogP contribution in [0.1, 0.15) is 16.7 Å². The summed E-state index contributed by atoms with van der Waals surface area (Å²) in [4.78, 5) is 8.08. The molecule has 0 saturated heterocycles. The molecule has 0 aromatic heterocycles. The smallest absolute Gasteiger partial charge is 0.381 e. The number of hydrogen-bond acceptors (Lipinski definition) is 4. The fourth-order valence-electron chi connectivity index (χ4n) is 2.01. The first-order valence-corrected chi connectivity index (χ1v) is 7.02. The fourth-order valence-corrected chi connectivity index (χ4v) is 2.01. The Morgan fingerprint density at radius 2 is 2.04 bits per heavy atom. The molecule has 126 valence electrons. The second kappa shape index (κ2) is 8.47. The van der Waals surface area contributed by atoms with E-state index in [1.807, 2.05) is 0 Å². The second-order valence-electron chi connectivity index (χ2n) is 4.86. The zero-order valence-electron chi connectivity index (χ0n) is 13.4. The van der Waals surface area contributed by atoms with E-state index in [0.29, 0.717) is 23.4 Å². The van der Waals surface area contributed by atoms with E-state index in [2.05, 4.69) is 27.2 Å². The van der Waals surface area contributed by atoms with Crippen molar-refractivity contribution >= 4 is 18.1 Å². The Morgan fingerprint density at radius 3 is 2.57 bits per heavy atom. The van der Waals surface area contributed by atoms with Gasteiger partial charge in [0.2, 0.25) is 0 Å². The molecule has 0 aliphatic heterocycles. The lowest BCUT2D eigenvalue weighted by molar-refractivity contribution is -0.137. The van der Waals surface area contributed by atoms with E-state index in [0.717, 1.165) is 12.1 Å². The molecule has 1 unspecified atom stereocenters. The minimum absolute atomic E-state index is 0.283. The Morgan fingerprint density at radius 1 is 1.35 bits per heavy atom. The third-order valence-electron chi connectivity index (χ3n) is 3.16. The molecule has 0 amide bonds. The van der Waals surface area contributed by atoms with Gasteiger partial charge in [0.25, 0.3) is 0 Å². The molecule has 0 aliphatic rings. The van der Waals surface area contributed by atoms with Gasteiger partial charge in [-0.1, -0.05) is 12.7 Å². The molecule has 0 fully saturated rings. The molecular formula is C16H21F3N4. The zero-order valence-corrected chi connectivity index (χ0v) is 13.4. The minimum atomic E-state index is -4.40. The first kappa shape index (κ1) is 18.9. The van der Waals surface area contributed by atoms with Crippen LogP contribution in [-0.2, 0) is 6.18 Å². The second-order valence-corrected chi connectivity index (χ2v) is 4.86. The predicted molar refractivity (Wildman–Crippen MR) is 89.7 cm³/mol. The third kappa shape index (κ3) is 5.52. The van der Waals surface area contributed by atoms with Gasteiger partial charge in [-0.2, -0.15) is 13.2 Å². The molecule has 1 atom stereocenters. The van der Waals surface area contributed by atoms with Gasteiger partial charge in [-0.15, -0.1) is 0 Å². The van der Waals surface area contributed by atoms with Gasteiger partial charge in [0.05, 0.1) is 12.1 Å². The molecule has 1 rings (SSSR count). The molecule has 0 radical (unpaired) electrons. The van der Waals surface area contributed by atoms with Crippen molar-refractivity contribution in [2.75, 3.05) is 26.0 Å². The number of nitrogens with one attached hydrogen (secondary N) is 2. The van der Waals surface area contributed by atoms with Gasteiger partial charge in [0.1, 0.15) is 6.17 Å². The summed E-state index contributed by atoms with van der Waals surface area (Å²) in [5, 5.41) is 5.96. The SMILES string of the molecule is C=C/C=N\C(CNc1cc(C(F)(F)F)cc(C)c1C=NC)NC. The monoisotopic (exact) mass is 326 g/mol. The Kier molecular flexibility index (Phi) is 6.96. The van der Waals surface area contributed by atoms with Gasteiger partial charge in [-0.05, 0) is 31.7 Å². The van der Waals surface area contributed by atoms with Crippen LogP contribution in [0.4, 0.5) is 18.9 Å². The molecule has 1 aromatic rings. The van der Waals surface area contributed by atoms with Crippen molar-refractivity contribution in [2.45, 2.75) is 19.3 Å². The number of hydrogen-bond donors (Lipinski definition) is 2. The highest BCUT2D eigenvalue weighted by atomic mass is 19.4. The van der Waals surface area contributed by atoms with Gasteiger partial charge in [-0.3, -0.25) is 15.3 Å². The minimum Gasteiger partial charge on any atom is -0.381 e. The highest BCUT2D eigenvalue weighted by Crippen LogP contribution is 2.33. The van der Waals surface area contributed by atoms with Crippen molar-refractivity contribution in [1.82, 2.24) is 5.32 Å². The van der Waals surface area contributed by atoms with E-state index in [1.54, 1.807) is 27.2 Å². The normalized spacial score (nSPS) is 13.7. The third-order valence-corrected chi connectivity index (χ3v) is 3.16. The van der Waals surface area contributed by atoms with E-state index in [9.17, 15) is 13.2 Å². The Balaban J connectivity index is 3.13. The van der Waals surface area contributed by atoms with Gasteiger partial charge in [0.15, 0.2) is 0 Å². The summed E-state index contributed by atoms with van der Waals surface area (Å²) < 4.78 is 39.0. The number of aliphatic imine (C=N–C) groups is 2. The largest absolute Gasteiger partial charge is 0.416 e. The van der Waals surface area contributed by atoms with E-state index in [-0.39, 0.29) is 6.17 Å². The molecule has 0 aliphatic carbocycles. The number of likely N-dealkylation sites (N-methyl/N-ethyl adjacent to an activating group) is 1. The van der Waals surface area contributed by atoms with Crippen molar-refractivity contribution in [1.29, 1.82) is 0 Å². The number of halogens is 3. The summed E-state index contributed by atoms with van der Waals surface area (Å²) in [6.45, 7) is 5.49. The van der Waals surface area contributed by atoms with Crippen molar-refractivity contribution < 1.29 is 13.2 Å². The first-order valence-electron chi connectivity index (χ1n) is 7.02. The van der Waals surface area contributed by atoms with Crippen LogP contribution in [0, 0.1) is 6.92 Å². The van der Waals surface area contributed by atoms with Gasteiger partial charge >= 0.3 is 6.18 Å². The molecule has 0 spiro atoms. The van der Waals surface area contributed by atoms with Crippen LogP contribution in [0.5, 0.6) is 0 Å². The van der Waals surface area contributed by atoms with Crippen LogP contribution in [0.3, 0.4) is 0 Å². The zero-order chi connectivity index (χ0) is 17.5. The lowest BCUT2D eigenvalue weighted by Crippen LogP contribution is -2.31. The number of allylic oxidation sites excluding steroid dienone is 1. The first-order chi connectivity index (χ1) is 10.8. The summed E-state index contributed by atoms with van der Waals surface area (Å²) in [7, 11) is 3.30. The standard InChI is InChI=1S/C16H21F3N4/c1-5-6-22-15(21-4)10-23-14-8-12(16(17,18)19)7-11(2)13(14)9-20-3/h5-9,15,21,23H,1,10H2,2-4H3/b20-9?,22-6-. The number of alkyl halides is 3. The molecule has 7 heteroatoms. The maximum absolute atomic E-state index is 13.0. The molecule has 0 heterocycles. The summed E-state index contributed by atoms with van der Waals surface area (Å²) >= 11 is 0. The van der Waals surface area contributed by atoms with Crippen LogP contribution in [-0.4, -0.2) is 39.2 Å². The summed E-state index contributed by atoms with van der Waals surface area (Å²) in [5.74, 6) is 0. The summed E-state index contributed by atoms with van der Waals surface area (Å²) in [6, 6.07) is 2.21. The molecule has 0 bridgehead atoms. The highest BCUT2D eigenvalue weighted by molar-refractivity contribution is 5.90. The van der Waals surface area contributed by atoms with E-state index in [1.165, 1.54) is 12.3 Å². The Bertz CT molecular complexity index is 592. The quantitative estimate of drug-likeness (QED) is 0.756. The number of nitrogens with zero attached hydrogens (tertiary/aromatic N) is 2. The number of rotatable bonds is 7. The van der Waals surface area contributed by atoms with Crippen LogP contribution in [0.2, 0.25) is 0 Å². The van der Waals surface area contributed by atoms with Crippen LogP contribution < -0.4 is 10.6 Å². The Labute approximate surface area is 134 Å². The molecule has 4 nitrogen and oxygen atoms in total. The van der Waals surface area contributed by atoms with Crippen LogP contribution in [0.15, 0.2) is 34.8 Å². The maximum atomic E-state index is 13.0. The van der Waals surface area contributed by atoms with E-state index in [4.69, 9.17) is 0 Å². The number of anilines is 1. The van der Waals surface area contributed by atoms with Crippen molar-refractivity contribution in [3.63, 3.8) is 0 Å². The average Bonchev–Trinajstić information content (AvgIpc) is 2.49. The van der Waals surface area contributed by atoms with Crippen LogP contribution >= 0.6 is 0 Å². The summed E-state index contributed by atoms with van der Waals surface area (Å²) in [5.41, 5.74) is 0.810. The molecule has 0 saturated carbocycles. The van der Waals surface area contributed by atoms with E-state index < -0.39 is 11.7 Å². The molecule has 23 heavy (non-hydrogen) atoms. The summed E-state index contributed by atoms with van der Waals surface area (Å²) in [6.07, 6.45) is -0.0666. The maximum Gasteiger partial charge on any atom is 0.416 e. The molecule has 2 N–H and O–H groups in total. The van der Waals surface area contributed by atoms with E-state index >= 15 is 0 Å².